The molecule has 5 heavy (non-hydrogen) atoms. The zero-order chi connectivity index (χ0) is 2.71. The minimum atomic E-state index is 0. The van der Waals surface area contributed by atoms with E-state index in [2.05, 4.69) is 16.7 Å². The van der Waals surface area contributed by atoms with Gasteiger partial charge in [0.2, 0.25) is 0 Å². The van der Waals surface area contributed by atoms with Crippen LogP contribution in [0.3, 0.4) is 0 Å². The quantitative estimate of drug-likeness (QED) is 0.336. The zero-order valence-corrected chi connectivity index (χ0v) is 5.54. The molecule has 5 heteroatoms. The van der Waals surface area contributed by atoms with Crippen LogP contribution in [0.4, 0.5) is 0 Å². The molecule has 0 unspecified atom stereocenters. The summed E-state index contributed by atoms with van der Waals surface area (Å²) in [6.07, 6.45) is 0. The molecule has 1 radical (unpaired) electrons. The van der Waals surface area contributed by atoms with Crippen molar-refractivity contribution in [1.82, 2.24) is 0 Å². The van der Waals surface area contributed by atoms with Crippen LogP contribution in [0, 0.1) is 0 Å². The van der Waals surface area contributed by atoms with Crippen molar-refractivity contribution in [2.24, 2.45) is 11.8 Å². The van der Waals surface area contributed by atoms with Crippen molar-refractivity contribution < 1.29 is 22.0 Å². The normalized spacial score (nSPS) is 3.60. The summed E-state index contributed by atoms with van der Waals surface area (Å²) in [5.74, 6) is 8.25. The molecule has 0 atom stereocenters. The van der Waals surface area contributed by atoms with Gasteiger partial charge in [-0.2, -0.15) is 11.8 Å². The molecule has 0 spiro atoms. The van der Waals surface area contributed by atoms with E-state index in [0.29, 0.717) is 0 Å². The van der Waals surface area contributed by atoms with E-state index in [1.54, 1.807) is 0 Å². The topological polar surface area (TPSA) is 61.3 Å². The summed E-state index contributed by atoms with van der Waals surface area (Å²) in [5.41, 5.74) is 0. The Hall–Kier alpha value is 1.13. The van der Waals surface area contributed by atoms with Crippen LogP contribution in [0.1, 0.15) is 0 Å². The Kier molecular flexibility index (Phi) is 63.5. The summed E-state index contributed by atoms with van der Waals surface area (Å²) in [5, 5.41) is 0. The molecule has 0 bridgehead atoms. The minimum absolute atomic E-state index is 0. The van der Waals surface area contributed by atoms with Crippen molar-refractivity contribution in [2.45, 2.75) is 0 Å². The van der Waals surface area contributed by atoms with Gasteiger partial charge in [-0.05, 0) is 0 Å². The van der Waals surface area contributed by atoms with Crippen molar-refractivity contribution >= 4 is 24.0 Å². The van der Waals surface area contributed by atoms with Crippen LogP contribution in [0.15, 0.2) is 0 Å². The third kappa shape index (κ3) is 39.4. The number of hydrogen-bond acceptors (Lipinski definition) is 3. The average Bonchev–Trinajstić information content (AvgIpc) is 0.918. The van der Waals surface area contributed by atoms with Gasteiger partial charge in [0.15, 0.2) is 0 Å². The van der Waals surface area contributed by atoms with Gasteiger partial charge in [0.1, 0.15) is 0 Å². The Morgan fingerprint density at radius 3 is 1.20 bits per heavy atom. The van der Waals surface area contributed by atoms with Crippen molar-refractivity contribution in [1.29, 1.82) is 0 Å². The van der Waals surface area contributed by atoms with E-state index in [0.717, 1.165) is 0 Å². The molecule has 39 valence electrons. The number of hydrogen-bond donors (Lipinski definition) is 2. The summed E-state index contributed by atoms with van der Waals surface area (Å²) >= 11 is 0. The minimum Gasteiger partial charge on any atom is -0.220 e. The maximum atomic E-state index is 4.12. The summed E-state index contributed by atoms with van der Waals surface area (Å²) in [7, 11) is 0. The molecule has 0 aromatic heterocycles. The summed E-state index contributed by atoms with van der Waals surface area (Å²) in [6, 6.07) is 0. The van der Waals surface area contributed by atoms with Gasteiger partial charge in [-0.25, -0.2) is 4.94 Å². The maximum Gasteiger partial charge on any atom is 0 e. The standard InChI is InChI=1S/Cu.HI.H4N2O/c;;1-3-2/h;1H;1-2H2. The molecular weight excluding hydrogens is 234 g/mol. The summed E-state index contributed by atoms with van der Waals surface area (Å²) < 4.78 is 0. The van der Waals surface area contributed by atoms with E-state index < -0.39 is 0 Å². The molecule has 0 aromatic carbocycles. The van der Waals surface area contributed by atoms with E-state index in [4.69, 9.17) is 0 Å². The van der Waals surface area contributed by atoms with Gasteiger partial charge in [0.25, 0.3) is 0 Å². The molecule has 3 nitrogen and oxygen atoms in total. The molecule has 0 amide bonds. The molecule has 0 rings (SSSR count). The first-order chi connectivity index (χ1) is 1.41. The van der Waals surface area contributed by atoms with Crippen molar-refractivity contribution in [2.75, 3.05) is 0 Å². The molecule has 0 aromatic rings. The smallest absolute Gasteiger partial charge is 0 e. The SMILES string of the molecule is I.NON.[Cu]. The van der Waals surface area contributed by atoms with Crippen molar-refractivity contribution in [3.63, 3.8) is 0 Å². The van der Waals surface area contributed by atoms with Gasteiger partial charge in [0, 0.05) is 17.1 Å². The fourth-order valence-electron chi connectivity index (χ4n) is 0. The van der Waals surface area contributed by atoms with E-state index in [9.17, 15) is 0 Å². The molecule has 0 aliphatic heterocycles. The van der Waals surface area contributed by atoms with Crippen LogP contribution in [0.2, 0.25) is 0 Å². The Balaban J connectivity index is -0.0000000200. The zero-order valence-electron chi connectivity index (χ0n) is 2.27. The largest absolute Gasteiger partial charge is 0.220 e. The second kappa shape index (κ2) is 19.3. The van der Waals surface area contributed by atoms with Gasteiger partial charge in [-0.1, -0.05) is 0 Å². The van der Waals surface area contributed by atoms with Gasteiger partial charge in [0.05, 0.1) is 0 Å². The Labute approximate surface area is 57.8 Å². The van der Waals surface area contributed by atoms with Crippen molar-refractivity contribution in [3.05, 3.63) is 0 Å². The van der Waals surface area contributed by atoms with Gasteiger partial charge in [-0.15, -0.1) is 24.0 Å². The fourth-order valence-corrected chi connectivity index (χ4v) is 0. The fraction of sp³-hybridized carbons (Fsp3) is 0. The third-order valence-corrected chi connectivity index (χ3v) is 0. The predicted octanol–water partition coefficient (Wildman–Crippen LogP) is -0.634. The average molecular weight is 240 g/mol. The van der Waals surface area contributed by atoms with Crippen LogP contribution in [0.25, 0.3) is 0 Å². The second-order valence-electron chi connectivity index (χ2n) is 0.136. The number of rotatable bonds is 0. The second-order valence-corrected chi connectivity index (χ2v) is 0.136. The Bertz CT molecular complexity index is 9.61. The number of halogens is 1. The molecule has 0 fully saturated rings. The van der Waals surface area contributed by atoms with Crippen molar-refractivity contribution in [3.8, 4) is 0 Å². The van der Waals surface area contributed by atoms with Crippen LogP contribution >= 0.6 is 24.0 Å². The molecule has 0 saturated heterocycles. The third-order valence-electron chi connectivity index (χ3n) is 0. The molecule has 0 heterocycles. The monoisotopic (exact) mass is 239 g/mol. The summed E-state index contributed by atoms with van der Waals surface area (Å²) in [4.78, 5) is 3.25. The van der Waals surface area contributed by atoms with E-state index in [1.165, 1.54) is 0 Å². The number of nitrogens with two attached hydrogens (primary N) is 2. The predicted molar refractivity (Wildman–Crippen MR) is 24.9 cm³/mol. The van der Waals surface area contributed by atoms with Gasteiger partial charge < -0.3 is 0 Å². The van der Waals surface area contributed by atoms with E-state index in [-0.39, 0.29) is 41.0 Å². The van der Waals surface area contributed by atoms with Gasteiger partial charge in [-0.3, -0.25) is 0 Å². The molecule has 0 aliphatic rings. The summed E-state index contributed by atoms with van der Waals surface area (Å²) in [6.45, 7) is 0. The van der Waals surface area contributed by atoms with Crippen LogP contribution < -0.4 is 11.8 Å². The first-order valence-corrected chi connectivity index (χ1v) is 0.471. The van der Waals surface area contributed by atoms with Crippen LogP contribution in [-0.4, -0.2) is 0 Å². The first kappa shape index (κ1) is 16.5. The Morgan fingerprint density at radius 2 is 1.20 bits per heavy atom. The molecule has 0 saturated carbocycles. The molecular formula is H5CuIN2O. The molecule has 4 N–H and O–H groups in total. The first-order valence-electron chi connectivity index (χ1n) is 0.471. The maximum absolute atomic E-state index is 4.12. The Morgan fingerprint density at radius 1 is 1.20 bits per heavy atom. The van der Waals surface area contributed by atoms with E-state index >= 15 is 0 Å². The van der Waals surface area contributed by atoms with E-state index in [1.807, 2.05) is 0 Å². The molecule has 0 aliphatic carbocycles. The van der Waals surface area contributed by atoms with Crippen LogP contribution in [-0.2, 0) is 22.0 Å². The van der Waals surface area contributed by atoms with Gasteiger partial charge >= 0.3 is 0 Å². The van der Waals surface area contributed by atoms with Crippen LogP contribution in [0.5, 0.6) is 0 Å².